The Hall–Kier alpha value is -4.46. The number of amides is 1. The molecule has 1 aliphatic heterocycles. The topological polar surface area (TPSA) is 106 Å². The van der Waals surface area contributed by atoms with Crippen molar-refractivity contribution < 1.29 is 34.0 Å². The highest BCUT2D eigenvalue weighted by atomic mass is 16.5. The van der Waals surface area contributed by atoms with Crippen LogP contribution in [-0.4, -0.2) is 42.7 Å². The van der Waals surface area contributed by atoms with Gasteiger partial charge in [0.25, 0.3) is 11.7 Å². The van der Waals surface area contributed by atoms with Crippen LogP contribution in [0.25, 0.3) is 5.76 Å². The standard InChI is InChI=1S/C30H31NO7/c1-7-38-24-15-19(9-11-23(24)36-5)26-25(27(33)20-13-17(3)12-18(4)29(20)37-6)28(34)30(35)31(26)21-14-16(2)8-10-22(21)32/h8-15,26,32-33H,7H2,1-6H3/b27-25+. The second-order valence-electron chi connectivity index (χ2n) is 9.17. The summed E-state index contributed by atoms with van der Waals surface area (Å²) in [4.78, 5) is 28.4. The van der Waals surface area contributed by atoms with E-state index in [1.54, 1.807) is 36.4 Å². The van der Waals surface area contributed by atoms with Crippen molar-refractivity contribution >= 4 is 23.1 Å². The summed E-state index contributed by atoms with van der Waals surface area (Å²) >= 11 is 0. The number of aromatic hydroxyl groups is 1. The number of Topliss-reactive ketones (excluding diaryl/α,β-unsaturated/α-hetero) is 1. The number of hydrogen-bond donors (Lipinski definition) is 2. The van der Waals surface area contributed by atoms with Gasteiger partial charge in [-0.15, -0.1) is 0 Å². The number of aliphatic hydroxyl groups excluding tert-OH is 1. The Labute approximate surface area is 221 Å². The van der Waals surface area contributed by atoms with Crippen LogP contribution in [0, 0.1) is 20.8 Å². The predicted octanol–water partition coefficient (Wildman–Crippen LogP) is 5.36. The summed E-state index contributed by atoms with van der Waals surface area (Å²) in [5, 5.41) is 22.4. The van der Waals surface area contributed by atoms with Crippen LogP contribution in [0.4, 0.5) is 5.69 Å². The highest BCUT2D eigenvalue weighted by Crippen LogP contribution is 2.47. The molecule has 8 nitrogen and oxygen atoms in total. The van der Waals surface area contributed by atoms with E-state index in [0.717, 1.165) is 16.7 Å². The van der Waals surface area contributed by atoms with Gasteiger partial charge in [0.2, 0.25) is 0 Å². The number of methoxy groups -OCH3 is 2. The fourth-order valence-corrected chi connectivity index (χ4v) is 4.90. The highest BCUT2D eigenvalue weighted by molar-refractivity contribution is 6.52. The Balaban J connectivity index is 2.06. The molecule has 1 atom stereocenters. The van der Waals surface area contributed by atoms with Crippen molar-refractivity contribution in [1.82, 2.24) is 0 Å². The number of benzene rings is 3. The average molecular weight is 518 g/mol. The molecule has 0 aromatic heterocycles. The third-order valence-corrected chi connectivity index (χ3v) is 6.52. The molecule has 0 aliphatic carbocycles. The third kappa shape index (κ3) is 4.53. The Morgan fingerprint density at radius 2 is 1.66 bits per heavy atom. The second kappa shape index (κ2) is 10.5. The smallest absolute Gasteiger partial charge is 0.300 e. The zero-order valence-corrected chi connectivity index (χ0v) is 22.3. The Bertz CT molecular complexity index is 1460. The molecule has 1 heterocycles. The number of anilines is 1. The van der Waals surface area contributed by atoms with Gasteiger partial charge in [-0.05, 0) is 80.3 Å². The number of ketones is 1. The molecule has 1 fully saturated rings. The van der Waals surface area contributed by atoms with Crippen LogP contribution in [0.2, 0.25) is 0 Å². The Kier molecular flexibility index (Phi) is 7.35. The van der Waals surface area contributed by atoms with Gasteiger partial charge >= 0.3 is 0 Å². The number of carbonyl (C=O) groups is 2. The van der Waals surface area contributed by atoms with Crippen molar-refractivity contribution in [1.29, 1.82) is 0 Å². The van der Waals surface area contributed by atoms with E-state index in [9.17, 15) is 19.8 Å². The highest BCUT2D eigenvalue weighted by Gasteiger charge is 2.48. The molecule has 1 unspecified atom stereocenters. The number of rotatable bonds is 7. The summed E-state index contributed by atoms with van der Waals surface area (Å²) in [6.45, 7) is 7.70. The molecule has 1 saturated heterocycles. The van der Waals surface area contributed by atoms with Crippen molar-refractivity contribution in [3.8, 4) is 23.0 Å². The maximum Gasteiger partial charge on any atom is 0.300 e. The fourth-order valence-electron chi connectivity index (χ4n) is 4.90. The first kappa shape index (κ1) is 26.6. The molecular weight excluding hydrogens is 486 g/mol. The quantitative estimate of drug-likeness (QED) is 0.247. The van der Waals surface area contributed by atoms with Gasteiger partial charge in [-0.1, -0.05) is 18.2 Å². The summed E-state index contributed by atoms with van der Waals surface area (Å²) in [6.07, 6.45) is 0. The van der Waals surface area contributed by atoms with Crippen molar-refractivity contribution in [3.05, 3.63) is 81.9 Å². The first-order chi connectivity index (χ1) is 18.1. The molecule has 0 spiro atoms. The molecule has 0 bridgehead atoms. The Morgan fingerprint density at radius 3 is 2.32 bits per heavy atom. The fraction of sp³-hybridized carbons (Fsp3) is 0.267. The SMILES string of the molecule is CCOc1cc(C2/C(=C(\O)c3cc(C)cc(C)c3OC)C(=O)C(=O)N2c2cc(C)ccc2O)ccc1OC. The molecular formula is C30H31NO7. The van der Waals surface area contributed by atoms with E-state index in [1.807, 2.05) is 33.8 Å². The second-order valence-corrected chi connectivity index (χ2v) is 9.17. The molecule has 8 heteroatoms. The monoisotopic (exact) mass is 517 g/mol. The lowest BCUT2D eigenvalue weighted by molar-refractivity contribution is -0.132. The lowest BCUT2D eigenvalue weighted by Gasteiger charge is -2.27. The maximum absolute atomic E-state index is 13.6. The van der Waals surface area contributed by atoms with Crippen LogP contribution in [0.5, 0.6) is 23.0 Å². The van der Waals surface area contributed by atoms with Gasteiger partial charge < -0.3 is 24.4 Å². The van der Waals surface area contributed by atoms with Gasteiger partial charge in [-0.25, -0.2) is 0 Å². The van der Waals surface area contributed by atoms with Crippen LogP contribution in [-0.2, 0) is 9.59 Å². The summed E-state index contributed by atoms with van der Waals surface area (Å²) in [5.74, 6) is -1.04. The molecule has 3 aromatic rings. The minimum atomic E-state index is -1.07. The molecule has 0 radical (unpaired) electrons. The lowest BCUT2D eigenvalue weighted by Crippen LogP contribution is -2.29. The molecule has 2 N–H and O–H groups in total. The van der Waals surface area contributed by atoms with Crippen molar-refractivity contribution in [2.45, 2.75) is 33.7 Å². The average Bonchev–Trinajstić information content (AvgIpc) is 3.15. The zero-order valence-electron chi connectivity index (χ0n) is 22.3. The van der Waals surface area contributed by atoms with E-state index in [-0.39, 0.29) is 22.8 Å². The minimum Gasteiger partial charge on any atom is -0.507 e. The lowest BCUT2D eigenvalue weighted by atomic mass is 9.93. The molecule has 1 aliphatic rings. The van der Waals surface area contributed by atoms with Crippen molar-refractivity contribution in [2.75, 3.05) is 25.7 Å². The van der Waals surface area contributed by atoms with E-state index in [2.05, 4.69) is 0 Å². The van der Waals surface area contributed by atoms with Crippen LogP contribution >= 0.6 is 0 Å². The van der Waals surface area contributed by atoms with Crippen molar-refractivity contribution in [2.24, 2.45) is 0 Å². The van der Waals surface area contributed by atoms with Crippen LogP contribution in [0.15, 0.2) is 54.1 Å². The Morgan fingerprint density at radius 1 is 0.921 bits per heavy atom. The predicted molar refractivity (Wildman–Crippen MR) is 144 cm³/mol. The van der Waals surface area contributed by atoms with Crippen LogP contribution in [0.3, 0.4) is 0 Å². The summed E-state index contributed by atoms with van der Waals surface area (Å²) in [5.41, 5.74) is 3.18. The molecule has 198 valence electrons. The number of phenols is 1. The van der Waals surface area contributed by atoms with Crippen LogP contribution in [0.1, 0.15) is 40.8 Å². The first-order valence-corrected chi connectivity index (χ1v) is 12.2. The number of ether oxygens (including phenoxy) is 3. The van der Waals surface area contributed by atoms with Gasteiger partial charge in [-0.3, -0.25) is 14.5 Å². The van der Waals surface area contributed by atoms with E-state index in [1.165, 1.54) is 25.2 Å². The minimum absolute atomic E-state index is 0.133. The van der Waals surface area contributed by atoms with Gasteiger partial charge in [-0.2, -0.15) is 0 Å². The largest absolute Gasteiger partial charge is 0.507 e. The molecule has 0 saturated carbocycles. The van der Waals surface area contributed by atoms with Crippen molar-refractivity contribution in [3.63, 3.8) is 0 Å². The molecule has 4 rings (SSSR count). The third-order valence-electron chi connectivity index (χ3n) is 6.52. The number of phenolic OH excluding ortho intramolecular Hbond substituents is 1. The first-order valence-electron chi connectivity index (χ1n) is 12.2. The van der Waals surface area contributed by atoms with E-state index in [4.69, 9.17) is 14.2 Å². The number of nitrogens with zero attached hydrogens (tertiary/aromatic N) is 1. The summed E-state index contributed by atoms with van der Waals surface area (Å²) < 4.78 is 16.7. The summed E-state index contributed by atoms with van der Waals surface area (Å²) in [6, 6.07) is 12.4. The number of carbonyl (C=O) groups excluding carboxylic acids is 2. The maximum atomic E-state index is 13.6. The van der Waals surface area contributed by atoms with Gasteiger partial charge in [0.1, 0.15) is 17.3 Å². The summed E-state index contributed by atoms with van der Waals surface area (Å²) in [7, 11) is 2.99. The molecule has 38 heavy (non-hydrogen) atoms. The van der Waals surface area contributed by atoms with Crippen LogP contribution < -0.4 is 19.1 Å². The molecule has 3 aromatic carbocycles. The van der Waals surface area contributed by atoms with E-state index >= 15 is 0 Å². The molecule has 1 amide bonds. The zero-order chi connectivity index (χ0) is 27.7. The van der Waals surface area contributed by atoms with Gasteiger partial charge in [0, 0.05) is 0 Å². The van der Waals surface area contributed by atoms with E-state index < -0.39 is 17.7 Å². The van der Waals surface area contributed by atoms with Gasteiger partial charge in [0.05, 0.1) is 43.7 Å². The normalized spacial score (nSPS) is 16.6. The number of hydrogen-bond acceptors (Lipinski definition) is 7. The van der Waals surface area contributed by atoms with Gasteiger partial charge in [0.15, 0.2) is 11.5 Å². The number of aryl methyl sites for hydroxylation is 3. The van der Waals surface area contributed by atoms with E-state index in [0.29, 0.717) is 35.0 Å². The number of aliphatic hydroxyl groups is 1.